The number of hydrogen-bond acceptors (Lipinski definition) is 2. The molecule has 3 nitrogen and oxygen atoms in total. The van der Waals surface area contributed by atoms with Gasteiger partial charge in [-0.3, -0.25) is 0 Å². The van der Waals surface area contributed by atoms with Crippen LogP contribution in [0.2, 0.25) is 0 Å². The summed E-state index contributed by atoms with van der Waals surface area (Å²) in [6.07, 6.45) is 6.21. The summed E-state index contributed by atoms with van der Waals surface area (Å²) in [5.74, 6) is 1.63. The van der Waals surface area contributed by atoms with Gasteiger partial charge in [-0.15, -0.1) is 6.42 Å². The molecule has 0 fully saturated rings. The van der Waals surface area contributed by atoms with Crippen LogP contribution in [0.3, 0.4) is 0 Å². The van der Waals surface area contributed by atoms with Crippen molar-refractivity contribution >= 4 is 11.7 Å². The fraction of sp³-hybridized carbons (Fsp3) is 0.308. The standard InChI is InChI=1S/C13H15NO2/c1-3-9-14(10-4-2)12-8-6-5-7-11(12)13(15)16/h1,5-8H,4,9-10H2,2H3,(H,15,16). The van der Waals surface area contributed by atoms with E-state index in [1.165, 1.54) is 0 Å². The highest BCUT2D eigenvalue weighted by atomic mass is 16.4. The van der Waals surface area contributed by atoms with E-state index in [9.17, 15) is 4.79 Å². The van der Waals surface area contributed by atoms with E-state index in [0.717, 1.165) is 13.0 Å². The van der Waals surface area contributed by atoms with Crippen molar-refractivity contribution in [2.24, 2.45) is 0 Å². The fourth-order valence-electron chi connectivity index (χ4n) is 1.60. The van der Waals surface area contributed by atoms with Gasteiger partial charge in [-0.05, 0) is 18.6 Å². The molecule has 1 rings (SSSR count). The molecule has 0 radical (unpaired) electrons. The third-order valence-electron chi connectivity index (χ3n) is 2.25. The van der Waals surface area contributed by atoms with Crippen molar-refractivity contribution in [1.82, 2.24) is 0 Å². The van der Waals surface area contributed by atoms with Gasteiger partial charge in [0.1, 0.15) is 0 Å². The molecule has 0 aromatic heterocycles. The predicted molar refractivity (Wildman–Crippen MR) is 64.7 cm³/mol. The molecule has 0 aliphatic rings. The van der Waals surface area contributed by atoms with E-state index in [0.29, 0.717) is 17.8 Å². The van der Waals surface area contributed by atoms with E-state index < -0.39 is 5.97 Å². The normalized spacial score (nSPS) is 9.50. The molecule has 84 valence electrons. The molecule has 1 aromatic rings. The zero-order chi connectivity index (χ0) is 12.0. The average Bonchev–Trinajstić information content (AvgIpc) is 2.29. The summed E-state index contributed by atoms with van der Waals surface area (Å²) < 4.78 is 0. The number of aromatic carboxylic acids is 1. The molecule has 1 N–H and O–H groups in total. The second kappa shape index (κ2) is 5.82. The molecular formula is C13H15NO2. The van der Waals surface area contributed by atoms with Gasteiger partial charge in [0, 0.05) is 6.54 Å². The molecule has 0 heterocycles. The largest absolute Gasteiger partial charge is 0.478 e. The Labute approximate surface area is 95.7 Å². The second-order valence-electron chi connectivity index (χ2n) is 3.45. The van der Waals surface area contributed by atoms with Crippen molar-refractivity contribution in [3.8, 4) is 12.3 Å². The molecule has 0 aliphatic heterocycles. The van der Waals surface area contributed by atoms with Crippen LogP contribution in [0.15, 0.2) is 24.3 Å². The van der Waals surface area contributed by atoms with Crippen LogP contribution in [0, 0.1) is 12.3 Å². The lowest BCUT2D eigenvalue weighted by Gasteiger charge is -2.23. The van der Waals surface area contributed by atoms with Gasteiger partial charge in [-0.1, -0.05) is 25.0 Å². The van der Waals surface area contributed by atoms with E-state index in [1.807, 2.05) is 17.9 Å². The Balaban J connectivity index is 3.08. The van der Waals surface area contributed by atoms with Gasteiger partial charge in [0.25, 0.3) is 0 Å². The van der Waals surface area contributed by atoms with Gasteiger partial charge in [0.15, 0.2) is 0 Å². The predicted octanol–water partition coefficient (Wildman–Crippen LogP) is 2.23. The van der Waals surface area contributed by atoms with Crippen molar-refractivity contribution < 1.29 is 9.90 Å². The topological polar surface area (TPSA) is 40.5 Å². The third-order valence-corrected chi connectivity index (χ3v) is 2.25. The number of carbonyl (C=O) groups is 1. The smallest absolute Gasteiger partial charge is 0.337 e. The monoisotopic (exact) mass is 217 g/mol. The highest BCUT2D eigenvalue weighted by Crippen LogP contribution is 2.20. The van der Waals surface area contributed by atoms with Crippen LogP contribution in [-0.4, -0.2) is 24.2 Å². The zero-order valence-electron chi connectivity index (χ0n) is 9.31. The zero-order valence-corrected chi connectivity index (χ0v) is 9.31. The van der Waals surface area contributed by atoms with E-state index in [4.69, 9.17) is 11.5 Å². The summed E-state index contributed by atoms with van der Waals surface area (Å²) in [5.41, 5.74) is 0.987. The Morgan fingerprint density at radius 1 is 1.50 bits per heavy atom. The minimum atomic E-state index is -0.922. The number of nitrogens with zero attached hydrogens (tertiary/aromatic N) is 1. The first kappa shape index (κ1) is 12.1. The molecule has 1 aromatic carbocycles. The first-order valence-electron chi connectivity index (χ1n) is 5.21. The highest BCUT2D eigenvalue weighted by Gasteiger charge is 2.13. The molecule has 0 spiro atoms. The lowest BCUT2D eigenvalue weighted by atomic mass is 10.1. The summed E-state index contributed by atoms with van der Waals surface area (Å²) in [4.78, 5) is 13.0. The third kappa shape index (κ3) is 2.77. The van der Waals surface area contributed by atoms with Crippen LogP contribution in [-0.2, 0) is 0 Å². The molecule has 0 saturated carbocycles. The Kier molecular flexibility index (Phi) is 4.41. The Morgan fingerprint density at radius 3 is 2.75 bits per heavy atom. The number of anilines is 1. The molecule has 3 heteroatoms. The number of carboxylic acid groups (broad SMARTS) is 1. The Morgan fingerprint density at radius 2 is 2.19 bits per heavy atom. The Bertz CT molecular complexity index is 407. The molecule has 0 bridgehead atoms. The minimum absolute atomic E-state index is 0.297. The average molecular weight is 217 g/mol. The molecule has 0 aliphatic carbocycles. The van der Waals surface area contributed by atoms with Gasteiger partial charge < -0.3 is 10.0 Å². The van der Waals surface area contributed by atoms with Crippen LogP contribution in [0.1, 0.15) is 23.7 Å². The highest BCUT2D eigenvalue weighted by molar-refractivity contribution is 5.94. The maximum Gasteiger partial charge on any atom is 0.337 e. The number of hydrogen-bond donors (Lipinski definition) is 1. The van der Waals surface area contributed by atoms with Crippen LogP contribution in [0.4, 0.5) is 5.69 Å². The number of terminal acetylenes is 1. The lowest BCUT2D eigenvalue weighted by Crippen LogP contribution is -2.26. The van der Waals surface area contributed by atoms with Crippen molar-refractivity contribution in [2.75, 3.05) is 18.0 Å². The maximum absolute atomic E-state index is 11.1. The maximum atomic E-state index is 11.1. The van der Waals surface area contributed by atoms with Gasteiger partial charge in [-0.2, -0.15) is 0 Å². The van der Waals surface area contributed by atoms with Crippen molar-refractivity contribution in [2.45, 2.75) is 13.3 Å². The van der Waals surface area contributed by atoms with Gasteiger partial charge in [0.2, 0.25) is 0 Å². The van der Waals surface area contributed by atoms with E-state index in [-0.39, 0.29) is 0 Å². The summed E-state index contributed by atoms with van der Waals surface area (Å²) >= 11 is 0. The Hall–Kier alpha value is -1.95. The molecule has 16 heavy (non-hydrogen) atoms. The van der Waals surface area contributed by atoms with Gasteiger partial charge in [0.05, 0.1) is 17.8 Å². The number of benzene rings is 1. The van der Waals surface area contributed by atoms with Gasteiger partial charge in [-0.25, -0.2) is 4.79 Å². The van der Waals surface area contributed by atoms with Crippen LogP contribution in [0.25, 0.3) is 0 Å². The minimum Gasteiger partial charge on any atom is -0.478 e. The fourth-order valence-corrected chi connectivity index (χ4v) is 1.60. The number of para-hydroxylation sites is 1. The van der Waals surface area contributed by atoms with Crippen molar-refractivity contribution in [3.05, 3.63) is 29.8 Å². The summed E-state index contributed by atoms with van der Waals surface area (Å²) in [6.45, 7) is 3.22. The molecule has 0 atom stereocenters. The van der Waals surface area contributed by atoms with E-state index in [1.54, 1.807) is 18.2 Å². The first-order valence-corrected chi connectivity index (χ1v) is 5.21. The number of rotatable bonds is 5. The first-order chi connectivity index (χ1) is 7.70. The van der Waals surface area contributed by atoms with E-state index in [2.05, 4.69) is 5.92 Å². The number of carboxylic acids is 1. The lowest BCUT2D eigenvalue weighted by molar-refractivity contribution is 0.0697. The SMILES string of the molecule is C#CCN(CCC)c1ccccc1C(=O)O. The summed E-state index contributed by atoms with van der Waals surface area (Å²) in [6, 6.07) is 6.92. The molecule has 0 amide bonds. The van der Waals surface area contributed by atoms with Crippen molar-refractivity contribution in [3.63, 3.8) is 0 Å². The molecule has 0 saturated heterocycles. The second-order valence-corrected chi connectivity index (χ2v) is 3.45. The van der Waals surface area contributed by atoms with Crippen molar-refractivity contribution in [1.29, 1.82) is 0 Å². The van der Waals surface area contributed by atoms with E-state index >= 15 is 0 Å². The van der Waals surface area contributed by atoms with Crippen LogP contribution < -0.4 is 4.90 Å². The van der Waals surface area contributed by atoms with Gasteiger partial charge >= 0.3 is 5.97 Å². The molecule has 0 unspecified atom stereocenters. The summed E-state index contributed by atoms with van der Waals surface area (Å²) in [7, 11) is 0. The molecular weight excluding hydrogens is 202 g/mol. The summed E-state index contributed by atoms with van der Waals surface area (Å²) in [5, 5.41) is 9.07. The van der Waals surface area contributed by atoms with Crippen LogP contribution >= 0.6 is 0 Å². The quantitative estimate of drug-likeness (QED) is 0.769. The van der Waals surface area contributed by atoms with Crippen LogP contribution in [0.5, 0.6) is 0 Å².